The number of nitrogens with zero attached hydrogens (tertiary/aromatic N) is 1. The molecule has 0 radical (unpaired) electrons. The van der Waals surface area contributed by atoms with E-state index in [1.807, 2.05) is 42.1 Å². The van der Waals surface area contributed by atoms with Gasteiger partial charge in [-0.25, -0.2) is 0 Å². The number of carbonyl (C=O) groups is 2. The van der Waals surface area contributed by atoms with Gasteiger partial charge in [-0.05, 0) is 48.9 Å². The first-order chi connectivity index (χ1) is 13.6. The van der Waals surface area contributed by atoms with Crippen LogP contribution in [0.2, 0.25) is 0 Å². The fraction of sp³-hybridized carbons (Fsp3) is 0.273. The Labute approximate surface area is 164 Å². The van der Waals surface area contributed by atoms with Crippen LogP contribution in [-0.4, -0.2) is 29.5 Å². The first-order valence-corrected chi connectivity index (χ1v) is 9.43. The lowest BCUT2D eigenvalue weighted by molar-refractivity contribution is -0.115. The number of ether oxygens (including phenoxy) is 1. The maximum atomic E-state index is 12.3. The molecule has 2 N–H and O–H groups in total. The van der Waals surface area contributed by atoms with Crippen LogP contribution in [0.25, 0.3) is 10.9 Å². The van der Waals surface area contributed by atoms with E-state index in [4.69, 9.17) is 4.74 Å². The number of aromatic nitrogens is 1. The van der Waals surface area contributed by atoms with Crippen molar-refractivity contribution in [1.82, 2.24) is 9.88 Å². The number of carbonyl (C=O) groups excluding carboxylic acids is 2. The Morgan fingerprint density at radius 3 is 2.61 bits per heavy atom. The van der Waals surface area contributed by atoms with Crippen molar-refractivity contribution < 1.29 is 14.3 Å². The minimum absolute atomic E-state index is 0.100. The molecule has 0 bridgehead atoms. The fourth-order valence-electron chi connectivity index (χ4n) is 2.91. The van der Waals surface area contributed by atoms with Gasteiger partial charge in [0.25, 0.3) is 5.91 Å². The number of amides is 2. The number of hydrogen-bond acceptors (Lipinski definition) is 3. The second kappa shape index (κ2) is 9.08. The van der Waals surface area contributed by atoms with Crippen molar-refractivity contribution in [2.24, 2.45) is 7.05 Å². The number of rotatable bonds is 8. The molecule has 0 saturated carbocycles. The van der Waals surface area contributed by atoms with Crippen molar-refractivity contribution in [3.05, 3.63) is 60.3 Å². The fourth-order valence-corrected chi connectivity index (χ4v) is 2.91. The molecule has 28 heavy (non-hydrogen) atoms. The van der Waals surface area contributed by atoms with Gasteiger partial charge in [0.05, 0.1) is 18.8 Å². The topological polar surface area (TPSA) is 72.4 Å². The summed E-state index contributed by atoms with van der Waals surface area (Å²) in [7, 11) is 1.95. The van der Waals surface area contributed by atoms with Gasteiger partial charge >= 0.3 is 0 Å². The molecular weight excluding hydrogens is 354 g/mol. The molecule has 1 aromatic heterocycles. The Morgan fingerprint density at radius 1 is 1.07 bits per heavy atom. The van der Waals surface area contributed by atoms with Gasteiger partial charge < -0.3 is 19.9 Å². The zero-order chi connectivity index (χ0) is 19.9. The number of unbranched alkanes of at least 4 members (excludes halogenated alkanes) is 1. The summed E-state index contributed by atoms with van der Waals surface area (Å²) in [6, 6.07) is 14.6. The first kappa shape index (κ1) is 19.5. The number of benzene rings is 2. The van der Waals surface area contributed by atoms with Crippen molar-refractivity contribution in [1.29, 1.82) is 0 Å². The molecule has 0 fully saturated rings. The van der Waals surface area contributed by atoms with Crippen LogP contribution in [0.3, 0.4) is 0 Å². The minimum Gasteiger partial charge on any atom is -0.494 e. The highest BCUT2D eigenvalue weighted by molar-refractivity contribution is 6.04. The zero-order valence-electron chi connectivity index (χ0n) is 16.2. The van der Waals surface area contributed by atoms with Gasteiger partial charge in [-0.3, -0.25) is 9.59 Å². The average Bonchev–Trinajstić information content (AvgIpc) is 3.09. The van der Waals surface area contributed by atoms with Crippen LogP contribution in [0, 0.1) is 0 Å². The molecule has 2 amide bonds. The normalized spacial score (nSPS) is 10.6. The van der Waals surface area contributed by atoms with Crippen LogP contribution < -0.4 is 15.4 Å². The van der Waals surface area contributed by atoms with E-state index >= 15 is 0 Å². The molecule has 0 aliphatic carbocycles. The van der Waals surface area contributed by atoms with E-state index in [9.17, 15) is 9.59 Å². The number of nitrogens with one attached hydrogen (secondary N) is 2. The Morgan fingerprint density at radius 2 is 1.86 bits per heavy atom. The highest BCUT2D eigenvalue weighted by Gasteiger charge is 2.10. The van der Waals surface area contributed by atoms with Crippen molar-refractivity contribution in [3.8, 4) is 5.75 Å². The van der Waals surface area contributed by atoms with Crippen LogP contribution in [0.15, 0.2) is 54.7 Å². The van der Waals surface area contributed by atoms with Crippen LogP contribution in [-0.2, 0) is 11.8 Å². The maximum Gasteiger partial charge on any atom is 0.251 e. The molecule has 0 unspecified atom stereocenters. The van der Waals surface area contributed by atoms with Gasteiger partial charge in [0.15, 0.2) is 0 Å². The number of hydrogen-bond donors (Lipinski definition) is 2. The van der Waals surface area contributed by atoms with Gasteiger partial charge in [0.1, 0.15) is 5.75 Å². The summed E-state index contributed by atoms with van der Waals surface area (Å²) < 4.78 is 7.57. The van der Waals surface area contributed by atoms with Gasteiger partial charge in [-0.1, -0.05) is 19.4 Å². The SMILES string of the molecule is CCCCOc1ccc(C(=O)NCC(=O)Nc2cccc3c2ccn3C)cc1. The lowest BCUT2D eigenvalue weighted by Crippen LogP contribution is -2.32. The molecular formula is C22H25N3O3. The van der Waals surface area contributed by atoms with Gasteiger partial charge in [-0.2, -0.15) is 0 Å². The Kier molecular flexibility index (Phi) is 6.32. The summed E-state index contributed by atoms with van der Waals surface area (Å²) >= 11 is 0. The van der Waals surface area contributed by atoms with Crippen molar-refractivity contribution in [2.75, 3.05) is 18.5 Å². The molecule has 0 aliphatic rings. The van der Waals surface area contributed by atoms with Gasteiger partial charge in [-0.15, -0.1) is 0 Å². The van der Waals surface area contributed by atoms with Crippen LogP contribution in [0.4, 0.5) is 5.69 Å². The van der Waals surface area contributed by atoms with E-state index in [1.54, 1.807) is 24.3 Å². The van der Waals surface area contributed by atoms with Gasteiger partial charge in [0, 0.05) is 29.7 Å². The third-order valence-corrected chi connectivity index (χ3v) is 4.49. The Bertz CT molecular complexity index is 961. The predicted molar refractivity (Wildman–Crippen MR) is 111 cm³/mol. The smallest absolute Gasteiger partial charge is 0.251 e. The Hall–Kier alpha value is -3.28. The molecule has 1 heterocycles. The van der Waals surface area contributed by atoms with E-state index < -0.39 is 0 Å². The lowest BCUT2D eigenvalue weighted by Gasteiger charge is -2.09. The van der Waals surface area contributed by atoms with Gasteiger partial charge in [0.2, 0.25) is 5.91 Å². The molecule has 3 aromatic rings. The summed E-state index contributed by atoms with van der Waals surface area (Å²) in [6.07, 6.45) is 4.01. The van der Waals surface area contributed by atoms with Crippen molar-refractivity contribution in [3.63, 3.8) is 0 Å². The maximum absolute atomic E-state index is 12.3. The van der Waals surface area contributed by atoms with E-state index in [1.165, 1.54) is 0 Å². The average molecular weight is 379 g/mol. The monoisotopic (exact) mass is 379 g/mol. The quantitative estimate of drug-likeness (QED) is 0.586. The molecule has 0 aliphatic heterocycles. The van der Waals surface area contributed by atoms with E-state index in [0.29, 0.717) is 12.2 Å². The molecule has 2 aromatic carbocycles. The molecule has 6 heteroatoms. The molecule has 6 nitrogen and oxygen atoms in total. The summed E-state index contributed by atoms with van der Waals surface area (Å²) in [5.41, 5.74) is 2.25. The minimum atomic E-state index is -0.298. The summed E-state index contributed by atoms with van der Waals surface area (Å²) in [5.74, 6) is 0.163. The number of aryl methyl sites for hydroxylation is 1. The second-order valence-corrected chi connectivity index (χ2v) is 6.62. The van der Waals surface area contributed by atoms with Crippen molar-refractivity contribution in [2.45, 2.75) is 19.8 Å². The van der Waals surface area contributed by atoms with Crippen molar-refractivity contribution >= 4 is 28.4 Å². The summed E-state index contributed by atoms with van der Waals surface area (Å²) in [4.78, 5) is 24.5. The standard InChI is InChI=1S/C22H25N3O3/c1-3-4-14-28-17-10-8-16(9-11-17)22(27)23-15-21(26)24-19-6-5-7-20-18(19)12-13-25(20)2/h5-13H,3-4,14-15H2,1-2H3,(H,23,27)(H,24,26). The zero-order valence-corrected chi connectivity index (χ0v) is 16.2. The second-order valence-electron chi connectivity index (χ2n) is 6.62. The molecule has 0 spiro atoms. The van der Waals surface area contributed by atoms with E-state index in [0.717, 1.165) is 35.2 Å². The van der Waals surface area contributed by atoms with Crippen LogP contribution in [0.1, 0.15) is 30.1 Å². The number of anilines is 1. The lowest BCUT2D eigenvalue weighted by atomic mass is 10.2. The highest BCUT2D eigenvalue weighted by atomic mass is 16.5. The van der Waals surface area contributed by atoms with E-state index in [-0.39, 0.29) is 18.4 Å². The third kappa shape index (κ3) is 4.71. The molecule has 3 rings (SSSR count). The first-order valence-electron chi connectivity index (χ1n) is 9.43. The molecule has 0 atom stereocenters. The molecule has 146 valence electrons. The summed E-state index contributed by atoms with van der Waals surface area (Å²) in [6.45, 7) is 2.67. The summed E-state index contributed by atoms with van der Waals surface area (Å²) in [5, 5.41) is 6.46. The third-order valence-electron chi connectivity index (χ3n) is 4.49. The highest BCUT2D eigenvalue weighted by Crippen LogP contribution is 2.23. The van der Waals surface area contributed by atoms with Crippen LogP contribution >= 0.6 is 0 Å². The Balaban J connectivity index is 1.53. The number of fused-ring (bicyclic) bond motifs is 1. The molecule has 0 saturated heterocycles. The predicted octanol–water partition coefficient (Wildman–Crippen LogP) is 3.73. The largest absolute Gasteiger partial charge is 0.494 e. The van der Waals surface area contributed by atoms with E-state index in [2.05, 4.69) is 17.6 Å². The van der Waals surface area contributed by atoms with Crippen LogP contribution in [0.5, 0.6) is 5.75 Å².